The van der Waals surface area contributed by atoms with Gasteiger partial charge in [0.2, 0.25) is 0 Å². The summed E-state index contributed by atoms with van der Waals surface area (Å²) in [6.07, 6.45) is 0. The first-order valence-corrected chi connectivity index (χ1v) is 5.48. The molecule has 0 saturated carbocycles. The molecule has 15 heavy (non-hydrogen) atoms. The van der Waals surface area contributed by atoms with E-state index < -0.39 is 0 Å². The molecular formula is C13H21NO. The lowest BCUT2D eigenvalue weighted by molar-refractivity contribution is 0.341. The first kappa shape index (κ1) is 11.9. The molecule has 2 nitrogen and oxygen atoms in total. The summed E-state index contributed by atoms with van der Waals surface area (Å²) < 4.78 is 5.54. The van der Waals surface area contributed by atoms with Crippen LogP contribution in [-0.2, 0) is 0 Å². The van der Waals surface area contributed by atoms with Gasteiger partial charge in [-0.25, -0.2) is 0 Å². The SMILES string of the molecule is CCOc1ccccc1NCC(C)(C)C. The molecule has 0 aliphatic carbocycles. The lowest BCUT2D eigenvalue weighted by atomic mass is 9.97. The highest BCUT2D eigenvalue weighted by Gasteiger charge is 2.10. The maximum Gasteiger partial charge on any atom is 0.142 e. The second-order valence-electron chi connectivity index (χ2n) is 4.84. The molecule has 0 aliphatic heterocycles. The van der Waals surface area contributed by atoms with Gasteiger partial charge in [0.15, 0.2) is 0 Å². The zero-order valence-electron chi connectivity index (χ0n) is 10.1. The maximum absolute atomic E-state index is 5.54. The molecule has 84 valence electrons. The minimum absolute atomic E-state index is 0.277. The van der Waals surface area contributed by atoms with E-state index in [1.54, 1.807) is 0 Å². The van der Waals surface area contributed by atoms with Crippen LogP contribution in [0.25, 0.3) is 0 Å². The van der Waals surface area contributed by atoms with Crippen molar-refractivity contribution in [3.8, 4) is 5.75 Å². The molecule has 0 radical (unpaired) electrons. The minimum atomic E-state index is 0.277. The Hall–Kier alpha value is -1.18. The van der Waals surface area contributed by atoms with Gasteiger partial charge in [0.05, 0.1) is 12.3 Å². The van der Waals surface area contributed by atoms with Crippen LogP contribution in [0.2, 0.25) is 0 Å². The van der Waals surface area contributed by atoms with Crippen molar-refractivity contribution in [2.45, 2.75) is 27.7 Å². The van der Waals surface area contributed by atoms with E-state index in [0.717, 1.165) is 18.0 Å². The first-order chi connectivity index (χ1) is 7.03. The summed E-state index contributed by atoms with van der Waals surface area (Å²) in [6, 6.07) is 8.06. The molecule has 0 bridgehead atoms. The van der Waals surface area contributed by atoms with Crippen LogP contribution in [0.1, 0.15) is 27.7 Å². The molecule has 0 unspecified atom stereocenters. The fraction of sp³-hybridized carbons (Fsp3) is 0.538. The summed E-state index contributed by atoms with van der Waals surface area (Å²) in [5, 5.41) is 3.41. The van der Waals surface area contributed by atoms with E-state index in [1.807, 2.05) is 25.1 Å². The predicted molar refractivity (Wildman–Crippen MR) is 65.6 cm³/mol. The topological polar surface area (TPSA) is 21.3 Å². The van der Waals surface area contributed by atoms with E-state index in [4.69, 9.17) is 4.74 Å². The Bertz CT molecular complexity index is 302. The number of anilines is 1. The number of benzene rings is 1. The number of nitrogens with one attached hydrogen (secondary N) is 1. The molecule has 0 aromatic heterocycles. The van der Waals surface area contributed by atoms with Gasteiger partial charge in [0.25, 0.3) is 0 Å². The van der Waals surface area contributed by atoms with Crippen molar-refractivity contribution in [1.82, 2.24) is 0 Å². The van der Waals surface area contributed by atoms with Gasteiger partial charge in [-0.05, 0) is 24.5 Å². The minimum Gasteiger partial charge on any atom is -0.492 e. The number of hydrogen-bond donors (Lipinski definition) is 1. The van der Waals surface area contributed by atoms with Crippen LogP contribution in [0, 0.1) is 5.41 Å². The van der Waals surface area contributed by atoms with Crippen molar-refractivity contribution in [2.24, 2.45) is 5.41 Å². The van der Waals surface area contributed by atoms with Crippen molar-refractivity contribution in [1.29, 1.82) is 0 Å². The van der Waals surface area contributed by atoms with Crippen molar-refractivity contribution in [3.05, 3.63) is 24.3 Å². The molecule has 0 aliphatic rings. The van der Waals surface area contributed by atoms with Crippen LogP contribution in [0.4, 0.5) is 5.69 Å². The molecule has 0 spiro atoms. The van der Waals surface area contributed by atoms with Crippen LogP contribution < -0.4 is 10.1 Å². The Morgan fingerprint density at radius 3 is 2.47 bits per heavy atom. The van der Waals surface area contributed by atoms with Gasteiger partial charge in [-0.15, -0.1) is 0 Å². The van der Waals surface area contributed by atoms with E-state index in [2.05, 4.69) is 32.2 Å². The van der Waals surface area contributed by atoms with Crippen molar-refractivity contribution < 1.29 is 4.74 Å². The number of para-hydroxylation sites is 2. The van der Waals surface area contributed by atoms with Gasteiger partial charge in [-0.1, -0.05) is 32.9 Å². The Labute approximate surface area is 92.6 Å². The summed E-state index contributed by atoms with van der Waals surface area (Å²) >= 11 is 0. The average molecular weight is 207 g/mol. The molecule has 2 heteroatoms. The molecule has 0 heterocycles. The smallest absolute Gasteiger partial charge is 0.142 e. The summed E-state index contributed by atoms with van der Waals surface area (Å²) in [5.74, 6) is 0.934. The van der Waals surface area contributed by atoms with Gasteiger partial charge in [-0.2, -0.15) is 0 Å². The first-order valence-electron chi connectivity index (χ1n) is 5.48. The monoisotopic (exact) mass is 207 g/mol. The van der Waals surface area contributed by atoms with Crippen LogP contribution in [0.3, 0.4) is 0 Å². The lowest BCUT2D eigenvalue weighted by Crippen LogP contribution is -2.19. The lowest BCUT2D eigenvalue weighted by Gasteiger charge is -2.21. The molecule has 0 saturated heterocycles. The van der Waals surface area contributed by atoms with Gasteiger partial charge < -0.3 is 10.1 Å². The van der Waals surface area contributed by atoms with Crippen molar-refractivity contribution in [2.75, 3.05) is 18.5 Å². The fourth-order valence-corrected chi connectivity index (χ4v) is 1.25. The second kappa shape index (κ2) is 5.06. The third kappa shape index (κ3) is 4.24. The van der Waals surface area contributed by atoms with Crippen molar-refractivity contribution in [3.63, 3.8) is 0 Å². The van der Waals surface area contributed by atoms with Crippen molar-refractivity contribution >= 4 is 5.69 Å². The Kier molecular flexibility index (Phi) is 4.01. The number of hydrogen-bond acceptors (Lipinski definition) is 2. The van der Waals surface area contributed by atoms with Crippen LogP contribution >= 0.6 is 0 Å². The van der Waals surface area contributed by atoms with Gasteiger partial charge in [0, 0.05) is 6.54 Å². The largest absolute Gasteiger partial charge is 0.492 e. The van der Waals surface area contributed by atoms with Gasteiger partial charge >= 0.3 is 0 Å². The molecule has 0 fully saturated rings. The summed E-state index contributed by atoms with van der Waals surface area (Å²) in [4.78, 5) is 0. The third-order valence-corrected chi connectivity index (χ3v) is 2.00. The van der Waals surface area contributed by atoms with E-state index in [-0.39, 0.29) is 5.41 Å². The Morgan fingerprint density at radius 2 is 1.87 bits per heavy atom. The average Bonchev–Trinajstić information content (AvgIpc) is 2.16. The molecular weight excluding hydrogens is 186 g/mol. The Morgan fingerprint density at radius 1 is 1.20 bits per heavy atom. The van der Waals surface area contributed by atoms with Crippen LogP contribution in [0.15, 0.2) is 24.3 Å². The summed E-state index contributed by atoms with van der Waals surface area (Å²) in [7, 11) is 0. The third-order valence-electron chi connectivity index (χ3n) is 2.00. The van der Waals surface area contributed by atoms with Crippen LogP contribution in [-0.4, -0.2) is 13.2 Å². The predicted octanol–water partition coefficient (Wildman–Crippen LogP) is 3.54. The highest BCUT2D eigenvalue weighted by atomic mass is 16.5. The highest BCUT2D eigenvalue weighted by molar-refractivity contribution is 5.56. The summed E-state index contributed by atoms with van der Waals surface area (Å²) in [6.45, 7) is 10.3. The van der Waals surface area contributed by atoms with E-state index in [0.29, 0.717) is 6.61 Å². The van der Waals surface area contributed by atoms with Gasteiger partial charge in [-0.3, -0.25) is 0 Å². The van der Waals surface area contributed by atoms with E-state index in [1.165, 1.54) is 0 Å². The fourth-order valence-electron chi connectivity index (χ4n) is 1.25. The zero-order chi connectivity index (χ0) is 11.3. The molecule has 1 aromatic carbocycles. The van der Waals surface area contributed by atoms with E-state index >= 15 is 0 Å². The number of rotatable bonds is 4. The molecule has 1 rings (SSSR count). The Balaban J connectivity index is 2.67. The normalized spacial score (nSPS) is 11.2. The molecule has 1 N–H and O–H groups in total. The van der Waals surface area contributed by atoms with Gasteiger partial charge in [0.1, 0.15) is 5.75 Å². The highest BCUT2D eigenvalue weighted by Crippen LogP contribution is 2.25. The standard InChI is InChI=1S/C13H21NO/c1-5-15-12-9-7-6-8-11(12)14-10-13(2,3)4/h6-9,14H,5,10H2,1-4H3. The molecule has 0 atom stereocenters. The van der Waals surface area contributed by atoms with E-state index in [9.17, 15) is 0 Å². The second-order valence-corrected chi connectivity index (χ2v) is 4.84. The molecule has 0 amide bonds. The zero-order valence-corrected chi connectivity index (χ0v) is 10.1. The maximum atomic E-state index is 5.54. The quantitative estimate of drug-likeness (QED) is 0.815. The molecule has 1 aromatic rings. The van der Waals surface area contributed by atoms with Crippen LogP contribution in [0.5, 0.6) is 5.75 Å². The number of ether oxygens (including phenoxy) is 1. The summed E-state index contributed by atoms with van der Waals surface area (Å²) in [5.41, 5.74) is 1.36.